The van der Waals surface area contributed by atoms with Gasteiger partial charge in [0.25, 0.3) is 14.1 Å². The Bertz CT molecular complexity index is 2690. The summed E-state index contributed by atoms with van der Waals surface area (Å²) >= 11 is 0. The smallest absolute Gasteiger partial charge is 0.280 e. The van der Waals surface area contributed by atoms with Gasteiger partial charge in [-0.1, -0.05) is 84.9 Å². The van der Waals surface area contributed by atoms with Crippen LogP contribution in [0.25, 0.3) is 11.2 Å². The summed E-state index contributed by atoms with van der Waals surface area (Å²) in [6.45, 7) is 8.39. The van der Waals surface area contributed by atoms with Crippen molar-refractivity contribution in [2.75, 3.05) is 46.8 Å². The van der Waals surface area contributed by atoms with Crippen molar-refractivity contribution in [1.29, 1.82) is 5.26 Å². The van der Waals surface area contributed by atoms with Crippen LogP contribution in [-0.2, 0) is 35.3 Å². The van der Waals surface area contributed by atoms with Gasteiger partial charge in [0.1, 0.15) is 29.4 Å². The molecule has 0 bridgehead atoms. The average Bonchev–Trinajstić information content (AvgIpc) is 3.91. The summed E-state index contributed by atoms with van der Waals surface area (Å²) in [5.41, 5.74) is 1.61. The predicted octanol–water partition coefficient (Wildman–Crippen LogP) is 8.50. The third kappa shape index (κ3) is 11.9. The standard InChI is InChI=1S/C51H60N9O8P/c1-34(2)60(35(3)4)69(66-29-15-28-52)68-42-31-45(59-47-46(48(62)57-49(56-47)53-33-58(5)6)55-50(59)54-44(61)30-36-16-11-9-12-17-36)67-43(42)32-65-51(37-18-13-10-14-19-37,38-20-24-40(63-7)25-21-38)39-22-26-41(64-8)27-23-39/h9-14,16-27,33-35,42-43,45H,15,29-32H2,1-8H3,(H,54,55,61)(H,56,57,62)/b53-33+/t42-,43+,45+,69?/m0/s1. The Morgan fingerprint density at radius 2 is 1.52 bits per heavy atom. The number of nitrogens with one attached hydrogen (secondary N) is 2. The van der Waals surface area contributed by atoms with E-state index >= 15 is 0 Å². The molecular weight excluding hydrogens is 898 g/mol. The zero-order chi connectivity index (χ0) is 49.1. The summed E-state index contributed by atoms with van der Waals surface area (Å²) < 4.78 is 43.1. The van der Waals surface area contributed by atoms with Crippen molar-refractivity contribution in [3.05, 3.63) is 142 Å². The number of amides is 1. The zero-order valence-electron chi connectivity index (χ0n) is 40.2. The molecule has 6 aromatic rings. The van der Waals surface area contributed by atoms with E-state index in [1.165, 1.54) is 6.34 Å². The fraction of sp³-hybridized carbons (Fsp3) is 0.373. The first kappa shape index (κ1) is 50.4. The van der Waals surface area contributed by atoms with E-state index in [1.807, 2.05) is 109 Å². The maximum Gasteiger partial charge on any atom is 0.280 e. The minimum absolute atomic E-state index is 0.00276. The second-order valence-corrected chi connectivity index (χ2v) is 18.6. The largest absolute Gasteiger partial charge is 0.497 e. The third-order valence-corrected chi connectivity index (χ3v) is 13.6. The Morgan fingerprint density at radius 1 is 0.928 bits per heavy atom. The molecular formula is C51H60N9O8P. The number of hydrogen-bond donors (Lipinski definition) is 2. The highest BCUT2D eigenvalue weighted by Gasteiger charge is 2.46. The quantitative estimate of drug-likeness (QED) is 0.0217. The molecule has 0 aliphatic carbocycles. The number of benzene rings is 4. The molecule has 17 nitrogen and oxygen atoms in total. The van der Waals surface area contributed by atoms with Gasteiger partial charge in [0.15, 0.2) is 11.2 Å². The number of fused-ring (bicyclic) bond motifs is 1. The van der Waals surface area contributed by atoms with E-state index < -0.39 is 38.1 Å². The van der Waals surface area contributed by atoms with Crippen LogP contribution in [0.1, 0.15) is 69.0 Å². The molecule has 3 heterocycles. The van der Waals surface area contributed by atoms with Gasteiger partial charge in [-0.2, -0.15) is 10.2 Å². The van der Waals surface area contributed by atoms with Crippen LogP contribution in [0.3, 0.4) is 0 Å². The van der Waals surface area contributed by atoms with Crippen LogP contribution in [0.2, 0.25) is 0 Å². The zero-order valence-corrected chi connectivity index (χ0v) is 41.1. The number of imidazole rings is 1. The predicted molar refractivity (Wildman–Crippen MR) is 266 cm³/mol. The van der Waals surface area contributed by atoms with Gasteiger partial charge >= 0.3 is 0 Å². The van der Waals surface area contributed by atoms with Crippen molar-refractivity contribution in [3.8, 4) is 17.6 Å². The van der Waals surface area contributed by atoms with Gasteiger partial charge in [0.2, 0.25) is 17.8 Å². The van der Waals surface area contributed by atoms with Crippen LogP contribution in [0.5, 0.6) is 11.5 Å². The van der Waals surface area contributed by atoms with Gasteiger partial charge in [-0.25, -0.2) is 14.6 Å². The highest BCUT2D eigenvalue weighted by atomic mass is 31.2. The highest BCUT2D eigenvalue weighted by molar-refractivity contribution is 7.44. The number of nitrogens with zero attached hydrogens (tertiary/aromatic N) is 7. The van der Waals surface area contributed by atoms with Gasteiger partial charge in [-0.15, -0.1) is 0 Å². The van der Waals surface area contributed by atoms with Gasteiger partial charge < -0.3 is 32.9 Å². The number of ether oxygens (including phenoxy) is 4. The fourth-order valence-corrected chi connectivity index (χ4v) is 10.1. The minimum Gasteiger partial charge on any atom is -0.497 e. The number of aromatic amines is 1. The molecule has 4 aromatic carbocycles. The first-order chi connectivity index (χ1) is 33.3. The molecule has 0 radical (unpaired) electrons. The van der Waals surface area contributed by atoms with Crippen molar-refractivity contribution in [2.45, 2.75) is 83.1 Å². The van der Waals surface area contributed by atoms with E-state index in [0.29, 0.717) is 11.5 Å². The third-order valence-electron chi connectivity index (χ3n) is 11.4. The van der Waals surface area contributed by atoms with Crippen LogP contribution >= 0.6 is 8.53 Å². The lowest BCUT2D eigenvalue weighted by atomic mass is 9.80. The average molecular weight is 958 g/mol. The molecule has 4 atom stereocenters. The summed E-state index contributed by atoms with van der Waals surface area (Å²) in [4.78, 5) is 45.9. The van der Waals surface area contributed by atoms with Crippen LogP contribution in [0.4, 0.5) is 11.9 Å². The number of carbonyl (C=O) groups is 1. The Morgan fingerprint density at radius 3 is 2.09 bits per heavy atom. The first-order valence-corrected chi connectivity index (χ1v) is 23.9. The number of aromatic nitrogens is 4. The molecule has 362 valence electrons. The Balaban J connectivity index is 1.37. The van der Waals surface area contributed by atoms with Gasteiger partial charge in [-0.3, -0.25) is 24.5 Å². The summed E-state index contributed by atoms with van der Waals surface area (Å²) in [6, 6.07) is 37.0. The van der Waals surface area contributed by atoms with E-state index in [4.69, 9.17) is 33.0 Å². The lowest BCUT2D eigenvalue weighted by Gasteiger charge is -2.39. The monoisotopic (exact) mass is 957 g/mol. The van der Waals surface area contributed by atoms with Gasteiger partial charge in [0, 0.05) is 32.6 Å². The molecule has 7 rings (SSSR count). The van der Waals surface area contributed by atoms with Crippen molar-refractivity contribution in [3.63, 3.8) is 0 Å². The highest BCUT2D eigenvalue weighted by Crippen LogP contribution is 2.51. The maximum atomic E-state index is 13.8. The van der Waals surface area contributed by atoms with Crippen molar-refractivity contribution in [1.82, 2.24) is 29.1 Å². The van der Waals surface area contributed by atoms with Gasteiger partial charge in [-0.05, 0) is 74.2 Å². The first-order valence-electron chi connectivity index (χ1n) is 22.8. The second kappa shape index (κ2) is 23.2. The van der Waals surface area contributed by atoms with E-state index in [1.54, 1.807) is 37.8 Å². The molecule has 1 amide bonds. The molecule has 2 N–H and O–H groups in total. The summed E-state index contributed by atoms with van der Waals surface area (Å²) in [6.07, 6.45) is -0.539. The summed E-state index contributed by atoms with van der Waals surface area (Å²) in [5, 5.41) is 12.5. The SMILES string of the molecule is COc1ccc(C(OC[C@H]2O[C@@H](n3c(NC(=O)Cc4ccccc4)nc4c(=O)[nH]c(/N=C/N(C)C)nc43)C[C@@H]2OP(OCCC#N)N(C(C)C)C(C)C)(c2ccccc2)c2ccc(OC)cc2)cc1. The number of H-pyrrole nitrogens is 1. The van der Waals surface area contributed by atoms with Crippen molar-refractivity contribution in [2.24, 2.45) is 4.99 Å². The second-order valence-electron chi connectivity index (χ2n) is 17.2. The van der Waals surface area contributed by atoms with Crippen LogP contribution in [-0.4, -0.2) is 107 Å². The van der Waals surface area contributed by atoms with Crippen LogP contribution in [0, 0.1) is 11.3 Å². The maximum absolute atomic E-state index is 13.8. The van der Waals surface area contributed by atoms with E-state index in [-0.39, 0.29) is 73.5 Å². The molecule has 1 aliphatic heterocycles. The lowest BCUT2D eigenvalue weighted by molar-refractivity contribution is -0.115. The van der Waals surface area contributed by atoms with Crippen molar-refractivity contribution < 1.29 is 32.8 Å². The number of rotatable bonds is 22. The number of carbonyl (C=O) groups excluding carboxylic acids is 1. The van der Waals surface area contributed by atoms with Crippen LogP contribution in [0.15, 0.2) is 119 Å². The molecule has 1 aliphatic rings. The summed E-state index contributed by atoms with van der Waals surface area (Å²) in [5.74, 6) is 1.07. The topological polar surface area (TPSA) is 191 Å². The number of methoxy groups -OCH3 is 2. The Kier molecular flexibility index (Phi) is 16.9. The Hall–Kier alpha value is -6.51. The molecule has 1 fully saturated rings. The van der Waals surface area contributed by atoms with E-state index in [0.717, 1.165) is 22.3 Å². The molecule has 0 saturated carbocycles. The number of anilines is 1. The fourth-order valence-electron chi connectivity index (χ4n) is 8.33. The van der Waals surface area contributed by atoms with Crippen LogP contribution < -0.4 is 20.3 Å². The number of aliphatic imine (C=N–C) groups is 1. The Labute approximate surface area is 404 Å². The number of nitriles is 1. The van der Waals surface area contributed by atoms with E-state index in [2.05, 4.69) is 58.7 Å². The van der Waals surface area contributed by atoms with E-state index in [9.17, 15) is 14.9 Å². The van der Waals surface area contributed by atoms with Gasteiger partial charge in [0.05, 0.1) is 58.8 Å². The summed E-state index contributed by atoms with van der Waals surface area (Å²) in [7, 11) is 5.06. The normalized spacial score (nSPS) is 16.6. The van der Waals surface area contributed by atoms with Crippen molar-refractivity contribution >= 4 is 43.8 Å². The lowest BCUT2D eigenvalue weighted by Crippen LogP contribution is -2.39. The molecule has 18 heteroatoms. The molecule has 1 unspecified atom stereocenters. The number of hydrogen-bond acceptors (Lipinski definition) is 13. The molecule has 1 saturated heterocycles. The molecule has 69 heavy (non-hydrogen) atoms. The molecule has 2 aromatic heterocycles. The molecule has 0 spiro atoms. The minimum atomic E-state index is -1.79.